The molecule has 0 radical (unpaired) electrons. The van der Waals surface area contributed by atoms with E-state index in [0.29, 0.717) is 17.7 Å². The van der Waals surface area contributed by atoms with Crippen LogP contribution >= 0.6 is 12.4 Å². The summed E-state index contributed by atoms with van der Waals surface area (Å²) in [6.07, 6.45) is 3.60. The maximum absolute atomic E-state index is 12.9. The highest BCUT2D eigenvalue weighted by Crippen LogP contribution is 2.27. The van der Waals surface area contributed by atoms with Crippen LogP contribution in [0.3, 0.4) is 0 Å². The van der Waals surface area contributed by atoms with E-state index < -0.39 is 10.0 Å². The topological polar surface area (TPSA) is 78.5 Å². The van der Waals surface area contributed by atoms with Gasteiger partial charge >= 0.3 is 0 Å². The van der Waals surface area contributed by atoms with E-state index in [4.69, 9.17) is 0 Å². The van der Waals surface area contributed by atoms with E-state index in [-0.39, 0.29) is 24.4 Å². The molecular weight excluding hydrogens is 350 g/mol. The van der Waals surface area contributed by atoms with Gasteiger partial charge in [-0.2, -0.15) is 4.31 Å². The maximum atomic E-state index is 12.9. The van der Waals surface area contributed by atoms with Crippen molar-refractivity contribution in [2.75, 3.05) is 25.5 Å². The van der Waals surface area contributed by atoms with Gasteiger partial charge in [-0.15, -0.1) is 12.4 Å². The molecule has 2 N–H and O–H groups in total. The second-order valence-electron chi connectivity index (χ2n) is 6.22. The lowest BCUT2D eigenvalue weighted by Crippen LogP contribution is -2.43. The van der Waals surface area contributed by atoms with Crippen molar-refractivity contribution in [1.82, 2.24) is 9.62 Å². The number of amides is 1. The van der Waals surface area contributed by atoms with Crippen LogP contribution in [0.25, 0.3) is 0 Å². The molecule has 1 aromatic carbocycles. The fraction of sp³-hybridized carbons (Fsp3) is 0.562. The van der Waals surface area contributed by atoms with Gasteiger partial charge in [0.15, 0.2) is 0 Å². The number of fused-ring (bicyclic) bond motifs is 1. The first-order valence-corrected chi connectivity index (χ1v) is 9.54. The van der Waals surface area contributed by atoms with Gasteiger partial charge < -0.3 is 10.6 Å². The normalized spacial score (nSPS) is 19.2. The molecule has 2 heterocycles. The predicted molar refractivity (Wildman–Crippen MR) is 96.1 cm³/mol. The summed E-state index contributed by atoms with van der Waals surface area (Å²) in [6, 6.07) is 5.06. The number of halogens is 1. The molecule has 24 heavy (non-hydrogen) atoms. The van der Waals surface area contributed by atoms with Gasteiger partial charge in [-0.25, -0.2) is 8.42 Å². The van der Waals surface area contributed by atoms with E-state index in [2.05, 4.69) is 10.6 Å². The van der Waals surface area contributed by atoms with Gasteiger partial charge in [-0.3, -0.25) is 4.79 Å². The van der Waals surface area contributed by atoms with Crippen LogP contribution < -0.4 is 10.6 Å². The number of benzene rings is 1. The minimum Gasteiger partial charge on any atom is -0.326 e. The largest absolute Gasteiger partial charge is 0.326 e. The summed E-state index contributed by atoms with van der Waals surface area (Å²) in [4.78, 5) is 11.9. The molecule has 6 nitrogen and oxygen atoms in total. The molecule has 0 atom stereocenters. The molecule has 1 saturated heterocycles. The minimum absolute atomic E-state index is 0. The number of hydrogen-bond donors (Lipinski definition) is 2. The summed E-state index contributed by atoms with van der Waals surface area (Å²) < 4.78 is 27.3. The van der Waals surface area contributed by atoms with Crippen LogP contribution in [-0.4, -0.2) is 44.8 Å². The Bertz CT molecular complexity index is 703. The maximum Gasteiger partial charge on any atom is 0.243 e. The Morgan fingerprint density at radius 1 is 1.17 bits per heavy atom. The van der Waals surface area contributed by atoms with Crippen molar-refractivity contribution in [2.24, 2.45) is 0 Å². The average molecular weight is 374 g/mol. The van der Waals surface area contributed by atoms with Crippen molar-refractivity contribution < 1.29 is 13.2 Å². The van der Waals surface area contributed by atoms with Crippen LogP contribution in [0.1, 0.15) is 31.2 Å². The van der Waals surface area contributed by atoms with Crippen molar-refractivity contribution in [1.29, 1.82) is 0 Å². The first-order chi connectivity index (χ1) is 11.0. The standard InChI is InChI=1S/C16H23N3O3S.ClH/c1-19(13-7-9-17-10-8-13)23(21,22)14-5-6-15-12(11-14)3-2-4-16(20)18-15;/h5-6,11,13,17H,2-4,7-10H2,1H3,(H,18,20);1H. The Labute approximate surface area is 149 Å². The van der Waals surface area contributed by atoms with Crippen molar-refractivity contribution in [3.05, 3.63) is 23.8 Å². The van der Waals surface area contributed by atoms with Gasteiger partial charge in [0.2, 0.25) is 15.9 Å². The lowest BCUT2D eigenvalue weighted by Gasteiger charge is -2.31. The minimum atomic E-state index is -3.50. The summed E-state index contributed by atoms with van der Waals surface area (Å²) in [7, 11) is -1.84. The molecule has 0 aliphatic carbocycles. The number of carbonyl (C=O) groups excluding carboxylic acids is 1. The summed E-state index contributed by atoms with van der Waals surface area (Å²) in [5.74, 6) is -0.00817. The van der Waals surface area contributed by atoms with Crippen LogP contribution in [0.5, 0.6) is 0 Å². The van der Waals surface area contributed by atoms with Crippen LogP contribution in [0, 0.1) is 0 Å². The highest BCUT2D eigenvalue weighted by Gasteiger charge is 2.29. The molecule has 1 aromatic rings. The van der Waals surface area contributed by atoms with Crippen molar-refractivity contribution >= 4 is 34.0 Å². The zero-order chi connectivity index (χ0) is 16.4. The molecule has 8 heteroatoms. The Balaban J connectivity index is 0.00000208. The Kier molecular flexibility index (Phi) is 6.25. The average Bonchev–Trinajstić information content (AvgIpc) is 2.74. The molecule has 1 amide bonds. The summed E-state index contributed by atoms with van der Waals surface area (Å²) in [5.41, 5.74) is 1.63. The summed E-state index contributed by atoms with van der Waals surface area (Å²) in [6.45, 7) is 1.70. The first-order valence-electron chi connectivity index (χ1n) is 8.10. The third-order valence-electron chi connectivity index (χ3n) is 4.70. The van der Waals surface area contributed by atoms with E-state index in [9.17, 15) is 13.2 Å². The molecule has 2 aliphatic heterocycles. The molecule has 0 spiro atoms. The van der Waals surface area contributed by atoms with E-state index in [1.165, 1.54) is 4.31 Å². The summed E-state index contributed by atoms with van der Waals surface area (Å²) >= 11 is 0. The molecule has 134 valence electrons. The molecule has 3 rings (SSSR count). The number of anilines is 1. The monoisotopic (exact) mass is 373 g/mol. The number of sulfonamides is 1. The first kappa shape index (κ1) is 19.2. The number of carbonyl (C=O) groups is 1. The number of rotatable bonds is 3. The fourth-order valence-corrected chi connectivity index (χ4v) is 4.71. The van der Waals surface area contributed by atoms with Crippen molar-refractivity contribution in [3.63, 3.8) is 0 Å². The molecule has 0 bridgehead atoms. The molecule has 1 fully saturated rings. The molecule has 0 aromatic heterocycles. The number of aryl methyl sites for hydroxylation is 1. The molecule has 2 aliphatic rings. The van der Waals surface area contributed by atoms with Crippen LogP contribution in [0.2, 0.25) is 0 Å². The zero-order valence-electron chi connectivity index (χ0n) is 13.7. The van der Waals surface area contributed by atoms with Crippen LogP contribution in [-0.2, 0) is 21.2 Å². The van der Waals surface area contributed by atoms with Gasteiger partial charge in [0.25, 0.3) is 0 Å². The van der Waals surface area contributed by atoms with Crippen molar-refractivity contribution in [2.45, 2.75) is 43.0 Å². The van der Waals surface area contributed by atoms with Gasteiger partial charge in [-0.05, 0) is 62.5 Å². The Hall–Kier alpha value is -1.15. The Morgan fingerprint density at radius 3 is 2.58 bits per heavy atom. The van der Waals surface area contributed by atoms with Crippen molar-refractivity contribution in [3.8, 4) is 0 Å². The van der Waals surface area contributed by atoms with Crippen LogP contribution in [0.4, 0.5) is 5.69 Å². The number of nitrogens with one attached hydrogen (secondary N) is 2. The Morgan fingerprint density at radius 2 is 1.88 bits per heavy atom. The third-order valence-corrected chi connectivity index (χ3v) is 6.61. The van der Waals surface area contributed by atoms with E-state index in [0.717, 1.165) is 43.6 Å². The highest BCUT2D eigenvalue weighted by molar-refractivity contribution is 7.89. The SMILES string of the molecule is CN(C1CCNCC1)S(=O)(=O)c1ccc2c(c1)CCCC(=O)N2.Cl. The fourth-order valence-electron chi connectivity index (χ4n) is 3.24. The number of hydrogen-bond acceptors (Lipinski definition) is 4. The van der Waals surface area contributed by atoms with Gasteiger partial charge in [-0.1, -0.05) is 0 Å². The number of piperidine rings is 1. The quantitative estimate of drug-likeness (QED) is 0.846. The smallest absolute Gasteiger partial charge is 0.243 e. The van der Waals surface area contributed by atoms with Gasteiger partial charge in [0.1, 0.15) is 0 Å². The second kappa shape index (κ2) is 7.82. The zero-order valence-corrected chi connectivity index (χ0v) is 15.4. The lowest BCUT2D eigenvalue weighted by molar-refractivity contribution is -0.116. The number of nitrogens with zero attached hydrogens (tertiary/aromatic N) is 1. The summed E-state index contributed by atoms with van der Waals surface area (Å²) in [5, 5.41) is 6.09. The third kappa shape index (κ3) is 3.91. The lowest BCUT2D eigenvalue weighted by atomic mass is 10.1. The van der Waals surface area contributed by atoms with Gasteiger partial charge in [0, 0.05) is 25.2 Å². The molecular formula is C16H24ClN3O3S. The van der Waals surface area contributed by atoms with Gasteiger partial charge in [0.05, 0.1) is 4.90 Å². The highest BCUT2D eigenvalue weighted by atomic mass is 35.5. The predicted octanol–water partition coefficient (Wildman–Crippen LogP) is 1.76. The van der Waals surface area contributed by atoms with Crippen LogP contribution in [0.15, 0.2) is 23.1 Å². The molecule has 0 unspecified atom stereocenters. The molecule has 0 saturated carbocycles. The second-order valence-corrected chi connectivity index (χ2v) is 8.22. The van der Waals surface area contributed by atoms with E-state index in [1.807, 2.05) is 0 Å². The van der Waals surface area contributed by atoms with E-state index >= 15 is 0 Å². The van der Waals surface area contributed by atoms with E-state index in [1.54, 1.807) is 25.2 Å².